The summed E-state index contributed by atoms with van der Waals surface area (Å²) in [6, 6.07) is 7.42. The van der Waals surface area contributed by atoms with Crippen molar-refractivity contribution in [3.05, 3.63) is 24.3 Å². The molecule has 4 heteroatoms. The molecule has 0 saturated carbocycles. The van der Waals surface area contributed by atoms with Gasteiger partial charge in [0.15, 0.2) is 0 Å². The monoisotopic (exact) mass is 222 g/mol. The van der Waals surface area contributed by atoms with Crippen molar-refractivity contribution in [2.24, 2.45) is 0 Å². The van der Waals surface area contributed by atoms with Crippen molar-refractivity contribution in [3.8, 4) is 0 Å². The molecule has 1 aromatic rings. The molecule has 1 amide bonds. The Bertz CT molecular complexity index is 364. The van der Waals surface area contributed by atoms with Crippen molar-refractivity contribution < 1.29 is 9.90 Å². The van der Waals surface area contributed by atoms with Crippen LogP contribution in [0.4, 0.5) is 11.4 Å². The zero-order chi connectivity index (χ0) is 12.1. The zero-order valence-electron chi connectivity index (χ0n) is 9.90. The van der Waals surface area contributed by atoms with Crippen LogP contribution in [0.15, 0.2) is 24.3 Å². The Hall–Kier alpha value is -1.55. The first-order valence-electron chi connectivity index (χ1n) is 5.37. The van der Waals surface area contributed by atoms with Crippen LogP contribution in [0, 0.1) is 0 Å². The molecule has 1 atom stereocenters. The van der Waals surface area contributed by atoms with Crippen molar-refractivity contribution >= 4 is 17.3 Å². The zero-order valence-corrected chi connectivity index (χ0v) is 9.90. The summed E-state index contributed by atoms with van der Waals surface area (Å²) in [5.41, 5.74) is 1.63. The van der Waals surface area contributed by atoms with Crippen molar-refractivity contribution in [2.75, 3.05) is 16.8 Å². The van der Waals surface area contributed by atoms with Crippen molar-refractivity contribution in [2.45, 2.75) is 27.0 Å². The van der Waals surface area contributed by atoms with Gasteiger partial charge >= 0.3 is 0 Å². The van der Waals surface area contributed by atoms with E-state index in [1.165, 1.54) is 6.92 Å². The number of nitrogens with zero attached hydrogens (tertiary/aromatic N) is 1. The molecule has 0 bridgehead atoms. The standard InChI is InChI=1S/C12H18N2O2/c1-4-14(10(3)16)12-7-5-6-11(8-12)13-9(2)15/h5-8,10,16H,4H2,1-3H3,(H,13,15). The summed E-state index contributed by atoms with van der Waals surface area (Å²) in [5, 5.41) is 12.3. The second-order valence-corrected chi connectivity index (χ2v) is 3.65. The number of rotatable bonds is 4. The maximum atomic E-state index is 10.9. The SMILES string of the molecule is CCN(c1cccc(NC(C)=O)c1)C(C)O. The fourth-order valence-corrected chi connectivity index (χ4v) is 1.63. The van der Waals surface area contributed by atoms with Gasteiger partial charge in [-0.2, -0.15) is 0 Å². The molecule has 1 unspecified atom stereocenters. The molecule has 2 N–H and O–H groups in total. The van der Waals surface area contributed by atoms with E-state index in [-0.39, 0.29) is 5.91 Å². The summed E-state index contributed by atoms with van der Waals surface area (Å²) in [5.74, 6) is -0.0998. The molecule has 0 saturated heterocycles. The topological polar surface area (TPSA) is 52.6 Å². The first-order valence-corrected chi connectivity index (χ1v) is 5.37. The quantitative estimate of drug-likeness (QED) is 0.764. The van der Waals surface area contributed by atoms with Gasteiger partial charge in [0, 0.05) is 24.8 Å². The summed E-state index contributed by atoms with van der Waals surface area (Å²) in [6.07, 6.45) is -0.544. The van der Waals surface area contributed by atoms with E-state index in [2.05, 4.69) is 5.32 Å². The fourth-order valence-electron chi connectivity index (χ4n) is 1.63. The molecular weight excluding hydrogens is 204 g/mol. The second kappa shape index (κ2) is 5.51. The molecule has 0 aliphatic carbocycles. The maximum absolute atomic E-state index is 10.9. The van der Waals surface area contributed by atoms with Gasteiger partial charge in [-0.25, -0.2) is 0 Å². The van der Waals surface area contributed by atoms with Crippen molar-refractivity contribution in [1.29, 1.82) is 0 Å². The van der Waals surface area contributed by atoms with E-state index in [9.17, 15) is 9.90 Å². The van der Waals surface area contributed by atoms with Gasteiger partial charge in [-0.3, -0.25) is 4.79 Å². The highest BCUT2D eigenvalue weighted by Gasteiger charge is 2.09. The summed E-state index contributed by atoms with van der Waals surface area (Å²) in [6.45, 7) is 5.87. The molecular formula is C12H18N2O2. The summed E-state index contributed by atoms with van der Waals surface area (Å²) in [4.78, 5) is 12.8. The van der Waals surface area contributed by atoms with Crippen molar-refractivity contribution in [1.82, 2.24) is 0 Å². The predicted octanol–water partition coefficient (Wildman–Crippen LogP) is 1.81. The summed E-state index contributed by atoms with van der Waals surface area (Å²) in [7, 11) is 0. The Labute approximate surface area is 95.9 Å². The van der Waals surface area contributed by atoms with E-state index in [1.807, 2.05) is 36.1 Å². The lowest BCUT2D eigenvalue weighted by Crippen LogP contribution is -2.32. The van der Waals surface area contributed by atoms with Crippen LogP contribution < -0.4 is 10.2 Å². The van der Waals surface area contributed by atoms with Gasteiger partial charge in [0.1, 0.15) is 6.23 Å². The number of benzene rings is 1. The number of anilines is 2. The Morgan fingerprint density at radius 2 is 2.25 bits per heavy atom. The lowest BCUT2D eigenvalue weighted by atomic mass is 10.2. The first-order chi connectivity index (χ1) is 7.54. The lowest BCUT2D eigenvalue weighted by Gasteiger charge is -2.26. The number of hydrogen-bond donors (Lipinski definition) is 2. The number of amides is 1. The van der Waals surface area contributed by atoms with Crippen LogP contribution in [-0.4, -0.2) is 23.8 Å². The largest absolute Gasteiger partial charge is 0.374 e. The van der Waals surface area contributed by atoms with Gasteiger partial charge in [0.25, 0.3) is 0 Å². The smallest absolute Gasteiger partial charge is 0.221 e. The lowest BCUT2D eigenvalue weighted by molar-refractivity contribution is -0.114. The summed E-state index contributed by atoms with van der Waals surface area (Å²) >= 11 is 0. The highest BCUT2D eigenvalue weighted by atomic mass is 16.3. The number of hydrogen-bond acceptors (Lipinski definition) is 3. The first kappa shape index (κ1) is 12.5. The Morgan fingerprint density at radius 3 is 2.75 bits per heavy atom. The molecule has 0 fully saturated rings. The third-order valence-electron chi connectivity index (χ3n) is 2.29. The molecule has 0 aliphatic heterocycles. The third kappa shape index (κ3) is 3.24. The predicted molar refractivity (Wildman–Crippen MR) is 65.4 cm³/mol. The minimum atomic E-state index is -0.544. The van der Waals surface area contributed by atoms with Gasteiger partial charge in [0.05, 0.1) is 0 Å². The van der Waals surface area contributed by atoms with Crippen LogP contribution >= 0.6 is 0 Å². The normalized spacial score (nSPS) is 12.0. The van der Waals surface area contributed by atoms with E-state index in [1.54, 1.807) is 6.92 Å². The minimum Gasteiger partial charge on any atom is -0.374 e. The van der Waals surface area contributed by atoms with E-state index in [0.29, 0.717) is 6.54 Å². The average Bonchev–Trinajstić information content (AvgIpc) is 2.17. The highest BCUT2D eigenvalue weighted by Crippen LogP contribution is 2.20. The number of aliphatic hydroxyl groups is 1. The Morgan fingerprint density at radius 1 is 1.56 bits per heavy atom. The second-order valence-electron chi connectivity index (χ2n) is 3.65. The highest BCUT2D eigenvalue weighted by molar-refractivity contribution is 5.89. The van der Waals surface area contributed by atoms with Crippen LogP contribution in [0.1, 0.15) is 20.8 Å². The molecule has 0 radical (unpaired) electrons. The third-order valence-corrected chi connectivity index (χ3v) is 2.29. The molecule has 0 spiro atoms. The number of nitrogens with one attached hydrogen (secondary N) is 1. The molecule has 4 nitrogen and oxygen atoms in total. The number of carbonyl (C=O) groups is 1. The fraction of sp³-hybridized carbons (Fsp3) is 0.417. The summed E-state index contributed by atoms with van der Waals surface area (Å²) < 4.78 is 0. The molecule has 16 heavy (non-hydrogen) atoms. The van der Waals surface area contributed by atoms with Gasteiger partial charge in [-0.1, -0.05) is 6.07 Å². The van der Waals surface area contributed by atoms with Crippen LogP contribution in [0.25, 0.3) is 0 Å². The van der Waals surface area contributed by atoms with Crippen LogP contribution in [0.5, 0.6) is 0 Å². The minimum absolute atomic E-state index is 0.0998. The van der Waals surface area contributed by atoms with E-state index >= 15 is 0 Å². The van der Waals surface area contributed by atoms with Crippen molar-refractivity contribution in [3.63, 3.8) is 0 Å². The Kier molecular flexibility index (Phi) is 4.31. The van der Waals surface area contributed by atoms with Crippen LogP contribution in [-0.2, 0) is 4.79 Å². The maximum Gasteiger partial charge on any atom is 0.221 e. The van der Waals surface area contributed by atoms with E-state index < -0.39 is 6.23 Å². The van der Waals surface area contributed by atoms with Crippen LogP contribution in [0.2, 0.25) is 0 Å². The van der Waals surface area contributed by atoms with Gasteiger partial charge < -0.3 is 15.3 Å². The Balaban J connectivity index is 2.92. The molecule has 0 aliphatic rings. The van der Waals surface area contributed by atoms with Crippen LogP contribution in [0.3, 0.4) is 0 Å². The number of carbonyl (C=O) groups excluding carboxylic acids is 1. The van der Waals surface area contributed by atoms with E-state index in [4.69, 9.17) is 0 Å². The molecule has 0 heterocycles. The van der Waals surface area contributed by atoms with Gasteiger partial charge in [-0.15, -0.1) is 0 Å². The molecule has 1 aromatic carbocycles. The molecule has 1 rings (SSSR count). The molecule has 88 valence electrons. The van der Waals surface area contributed by atoms with E-state index in [0.717, 1.165) is 11.4 Å². The van der Waals surface area contributed by atoms with Gasteiger partial charge in [-0.05, 0) is 32.0 Å². The number of aliphatic hydroxyl groups excluding tert-OH is 1. The molecule has 0 aromatic heterocycles. The average molecular weight is 222 g/mol. The van der Waals surface area contributed by atoms with Gasteiger partial charge in [0.2, 0.25) is 5.91 Å².